The Morgan fingerprint density at radius 1 is 1.26 bits per heavy atom. The zero-order chi connectivity index (χ0) is 19.2. The highest BCUT2D eigenvalue weighted by Crippen LogP contribution is 2.31. The highest BCUT2D eigenvalue weighted by molar-refractivity contribution is 7.98. The summed E-state index contributed by atoms with van der Waals surface area (Å²) in [5.41, 5.74) is 2.40. The van der Waals surface area contributed by atoms with Gasteiger partial charge in [0, 0.05) is 36.6 Å². The Balaban J connectivity index is 1.64. The number of nitrogens with zero attached hydrogens (tertiary/aromatic N) is 4. The van der Waals surface area contributed by atoms with Crippen LogP contribution in [-0.2, 0) is 11.3 Å². The van der Waals surface area contributed by atoms with E-state index >= 15 is 0 Å². The van der Waals surface area contributed by atoms with Gasteiger partial charge in [0.25, 0.3) is 0 Å². The van der Waals surface area contributed by atoms with Crippen LogP contribution < -0.4 is 0 Å². The van der Waals surface area contributed by atoms with Crippen molar-refractivity contribution in [2.45, 2.75) is 37.4 Å². The fraction of sp³-hybridized carbons (Fsp3) is 0.474. The van der Waals surface area contributed by atoms with Crippen LogP contribution in [0.2, 0.25) is 5.02 Å². The summed E-state index contributed by atoms with van der Waals surface area (Å²) in [5, 5.41) is 1.24. The molecule has 1 saturated heterocycles. The summed E-state index contributed by atoms with van der Waals surface area (Å²) < 4.78 is 5.17. The average Bonchev–Trinajstić information content (AvgIpc) is 2.69. The van der Waals surface area contributed by atoms with E-state index in [1.54, 1.807) is 19.2 Å². The maximum absolute atomic E-state index is 12.3. The first-order valence-corrected chi connectivity index (χ1v) is 10.6. The Morgan fingerprint density at radius 2 is 1.96 bits per heavy atom. The molecule has 0 bridgehead atoms. The molecule has 0 radical (unpaired) electrons. The van der Waals surface area contributed by atoms with Crippen molar-refractivity contribution in [3.63, 3.8) is 0 Å². The largest absolute Gasteiger partial charge is 0.462 e. The van der Waals surface area contributed by atoms with Gasteiger partial charge in [-0.2, -0.15) is 0 Å². The Kier molecular flexibility index (Phi) is 7.04. The molecular formula is C19H23ClN4O2S. The van der Waals surface area contributed by atoms with Crippen molar-refractivity contribution < 1.29 is 9.53 Å². The monoisotopic (exact) mass is 406 g/mol. The number of carbonyl (C=O) groups is 1. The molecule has 0 unspecified atom stereocenters. The van der Waals surface area contributed by atoms with Crippen molar-refractivity contribution in [2.75, 3.05) is 26.0 Å². The molecule has 27 heavy (non-hydrogen) atoms. The summed E-state index contributed by atoms with van der Waals surface area (Å²) in [5.74, 6) is -0.121. The van der Waals surface area contributed by atoms with E-state index in [1.807, 2.05) is 18.6 Å². The third-order valence-corrected chi connectivity index (χ3v) is 5.41. The highest BCUT2D eigenvalue weighted by atomic mass is 35.5. The molecule has 1 fully saturated rings. The number of aromatic nitrogens is 3. The smallest absolute Gasteiger partial charge is 0.340 e. The molecule has 0 N–H and O–H groups in total. The van der Waals surface area contributed by atoms with E-state index in [-0.39, 0.29) is 11.9 Å². The molecule has 8 heteroatoms. The van der Waals surface area contributed by atoms with Gasteiger partial charge in [0.2, 0.25) is 0 Å². The molecule has 0 amide bonds. The zero-order valence-corrected chi connectivity index (χ0v) is 17.1. The SMILES string of the molecule is CCOC(=O)c1cc(Cl)cnc1C1CCN(Cc2cnc(SC)nc2)CC1. The second kappa shape index (κ2) is 9.48. The summed E-state index contributed by atoms with van der Waals surface area (Å²) in [6.45, 7) is 4.83. The van der Waals surface area contributed by atoms with E-state index in [0.29, 0.717) is 17.2 Å². The lowest BCUT2D eigenvalue weighted by molar-refractivity contribution is 0.0523. The van der Waals surface area contributed by atoms with Gasteiger partial charge in [-0.25, -0.2) is 14.8 Å². The molecule has 6 nitrogen and oxygen atoms in total. The van der Waals surface area contributed by atoms with Gasteiger partial charge in [-0.3, -0.25) is 9.88 Å². The summed E-state index contributed by atoms with van der Waals surface area (Å²) in [7, 11) is 0. The van der Waals surface area contributed by atoms with Crippen molar-refractivity contribution in [1.82, 2.24) is 19.9 Å². The number of piperidine rings is 1. The van der Waals surface area contributed by atoms with Gasteiger partial charge < -0.3 is 4.74 Å². The second-order valence-corrected chi connectivity index (χ2v) is 7.65. The number of thioether (sulfide) groups is 1. The fourth-order valence-corrected chi connectivity index (χ4v) is 3.77. The maximum atomic E-state index is 12.3. The van der Waals surface area contributed by atoms with Gasteiger partial charge in [0.15, 0.2) is 5.16 Å². The third-order valence-electron chi connectivity index (χ3n) is 4.63. The van der Waals surface area contributed by atoms with Gasteiger partial charge in [0.05, 0.1) is 22.9 Å². The van der Waals surface area contributed by atoms with Crippen molar-refractivity contribution in [2.24, 2.45) is 0 Å². The Bertz CT molecular complexity index is 780. The summed E-state index contributed by atoms with van der Waals surface area (Å²) in [6, 6.07) is 1.67. The van der Waals surface area contributed by atoms with Gasteiger partial charge in [-0.1, -0.05) is 23.4 Å². The molecule has 144 valence electrons. The quantitative estimate of drug-likeness (QED) is 0.410. The molecule has 0 aliphatic carbocycles. The van der Waals surface area contributed by atoms with Crippen molar-refractivity contribution in [3.05, 3.63) is 46.5 Å². The van der Waals surface area contributed by atoms with Crippen LogP contribution in [0.4, 0.5) is 0 Å². The van der Waals surface area contributed by atoms with Crippen LogP contribution in [0, 0.1) is 0 Å². The zero-order valence-electron chi connectivity index (χ0n) is 15.5. The maximum Gasteiger partial charge on any atom is 0.340 e. The van der Waals surface area contributed by atoms with Crippen LogP contribution in [0.25, 0.3) is 0 Å². The predicted molar refractivity (Wildman–Crippen MR) is 106 cm³/mol. The number of pyridine rings is 1. The van der Waals surface area contributed by atoms with Gasteiger partial charge in [-0.15, -0.1) is 0 Å². The Labute approximate surface area is 168 Å². The molecule has 3 heterocycles. The molecule has 1 aliphatic rings. The van der Waals surface area contributed by atoms with Crippen LogP contribution >= 0.6 is 23.4 Å². The molecule has 0 saturated carbocycles. The van der Waals surface area contributed by atoms with E-state index in [2.05, 4.69) is 19.9 Å². The lowest BCUT2D eigenvalue weighted by Gasteiger charge is -2.32. The van der Waals surface area contributed by atoms with Crippen LogP contribution in [0.15, 0.2) is 29.8 Å². The second-order valence-electron chi connectivity index (χ2n) is 6.44. The standard InChI is InChI=1S/C19H23ClN4O2S/c1-3-26-18(25)16-8-15(20)11-21-17(16)14-4-6-24(7-5-14)12-13-9-22-19(27-2)23-10-13/h8-11,14H,3-7,12H2,1-2H3. The Hall–Kier alpha value is -1.70. The topological polar surface area (TPSA) is 68.2 Å². The van der Waals surface area contributed by atoms with Crippen molar-refractivity contribution in [3.8, 4) is 0 Å². The predicted octanol–water partition coefficient (Wildman–Crippen LogP) is 3.80. The first-order valence-electron chi connectivity index (χ1n) is 9.00. The average molecular weight is 407 g/mol. The number of likely N-dealkylation sites (tertiary alicyclic amines) is 1. The third kappa shape index (κ3) is 5.18. The van der Waals surface area contributed by atoms with E-state index in [9.17, 15) is 4.79 Å². The lowest BCUT2D eigenvalue weighted by Crippen LogP contribution is -2.33. The van der Waals surface area contributed by atoms with Crippen LogP contribution in [-0.4, -0.2) is 51.8 Å². The molecule has 2 aromatic rings. The number of halogens is 1. The molecule has 0 spiro atoms. The van der Waals surface area contributed by atoms with E-state index < -0.39 is 0 Å². The molecule has 3 rings (SSSR count). The number of esters is 1. The first kappa shape index (κ1) is 20.0. The van der Waals surface area contributed by atoms with Gasteiger partial charge in [0.1, 0.15) is 0 Å². The number of hydrogen-bond acceptors (Lipinski definition) is 7. The van der Waals surface area contributed by atoms with Crippen LogP contribution in [0.3, 0.4) is 0 Å². The first-order chi connectivity index (χ1) is 13.1. The van der Waals surface area contributed by atoms with Crippen molar-refractivity contribution in [1.29, 1.82) is 0 Å². The molecule has 2 aromatic heterocycles. The molecule has 0 aromatic carbocycles. The fourth-order valence-electron chi connectivity index (χ4n) is 3.30. The lowest BCUT2D eigenvalue weighted by atomic mass is 9.90. The number of rotatable bonds is 6. The van der Waals surface area contributed by atoms with Gasteiger partial charge in [-0.05, 0) is 45.2 Å². The van der Waals surface area contributed by atoms with Gasteiger partial charge >= 0.3 is 5.97 Å². The molecule has 1 aliphatic heterocycles. The van der Waals surface area contributed by atoms with Crippen molar-refractivity contribution >= 4 is 29.3 Å². The van der Waals surface area contributed by atoms with Crippen LogP contribution in [0.1, 0.15) is 47.3 Å². The molecular weight excluding hydrogens is 384 g/mol. The minimum absolute atomic E-state index is 0.230. The number of carbonyl (C=O) groups excluding carboxylic acids is 1. The minimum atomic E-state index is -0.351. The minimum Gasteiger partial charge on any atom is -0.462 e. The Morgan fingerprint density at radius 3 is 2.59 bits per heavy atom. The molecule has 0 atom stereocenters. The van der Waals surface area contributed by atoms with Crippen LogP contribution in [0.5, 0.6) is 0 Å². The number of ether oxygens (including phenoxy) is 1. The highest BCUT2D eigenvalue weighted by Gasteiger charge is 2.26. The van der Waals surface area contributed by atoms with E-state index in [0.717, 1.165) is 48.9 Å². The summed E-state index contributed by atoms with van der Waals surface area (Å²) in [4.78, 5) is 27.8. The summed E-state index contributed by atoms with van der Waals surface area (Å²) in [6.07, 6.45) is 9.23. The normalized spacial score (nSPS) is 15.7. The number of hydrogen-bond donors (Lipinski definition) is 0. The van der Waals surface area contributed by atoms with E-state index in [4.69, 9.17) is 16.3 Å². The van der Waals surface area contributed by atoms with E-state index in [1.165, 1.54) is 11.8 Å². The summed E-state index contributed by atoms with van der Waals surface area (Å²) >= 11 is 7.58.